The summed E-state index contributed by atoms with van der Waals surface area (Å²) in [7, 11) is 0. The number of carbonyl (C=O) groups excluding carboxylic acids is 1. The number of hydrogen-bond donors (Lipinski definition) is 2. The molecule has 1 amide bonds. The second-order valence-corrected chi connectivity index (χ2v) is 7.44. The first kappa shape index (κ1) is 20.5. The Morgan fingerprint density at radius 3 is 2.61 bits per heavy atom. The molecule has 0 bridgehead atoms. The third kappa shape index (κ3) is 4.89. The molecule has 0 aliphatic rings. The summed E-state index contributed by atoms with van der Waals surface area (Å²) < 4.78 is 0. The molecule has 0 aliphatic heterocycles. The minimum Gasteiger partial charge on any atom is -0.352 e. The Kier molecular flexibility index (Phi) is 6.53. The number of hydrogen-bond acceptors (Lipinski definition) is 3. The zero-order valence-electron chi connectivity index (χ0n) is 17.6. The van der Waals surface area contributed by atoms with Crippen molar-refractivity contribution in [2.45, 2.75) is 26.2 Å². The van der Waals surface area contributed by atoms with Crippen LogP contribution < -0.4 is 5.32 Å². The van der Waals surface area contributed by atoms with Crippen molar-refractivity contribution in [2.24, 2.45) is 0 Å². The summed E-state index contributed by atoms with van der Waals surface area (Å²) in [5.41, 5.74) is 6.47. The third-order valence-electron chi connectivity index (χ3n) is 5.26. The summed E-state index contributed by atoms with van der Waals surface area (Å²) in [4.78, 5) is 17.4. The molecule has 0 atom stereocenters. The van der Waals surface area contributed by atoms with Crippen LogP contribution in [0.5, 0.6) is 0 Å². The van der Waals surface area contributed by atoms with Gasteiger partial charge in [0.1, 0.15) is 0 Å². The van der Waals surface area contributed by atoms with Gasteiger partial charge in [0.05, 0.1) is 11.4 Å². The number of H-pyrrole nitrogens is 1. The quantitative estimate of drug-likeness (QED) is 0.426. The average Bonchev–Trinajstić information content (AvgIpc) is 3.31. The molecule has 0 spiro atoms. The number of pyridine rings is 1. The summed E-state index contributed by atoms with van der Waals surface area (Å²) in [6.45, 7) is 2.70. The third-order valence-corrected chi connectivity index (χ3v) is 5.26. The normalized spacial score (nSPS) is 10.7. The number of aromatic amines is 1. The van der Waals surface area contributed by atoms with Crippen LogP contribution in [0.2, 0.25) is 0 Å². The lowest BCUT2D eigenvalue weighted by Crippen LogP contribution is -2.26. The maximum Gasteiger partial charge on any atom is 0.251 e. The number of amides is 1. The maximum atomic E-state index is 13.0. The molecular weight excluding hydrogens is 384 g/mol. The number of nitrogens with one attached hydrogen (secondary N) is 2. The highest BCUT2D eigenvalue weighted by atomic mass is 16.1. The molecule has 0 unspecified atom stereocenters. The molecule has 5 heteroatoms. The van der Waals surface area contributed by atoms with E-state index in [1.54, 1.807) is 0 Å². The lowest BCUT2D eigenvalue weighted by molar-refractivity contribution is 0.0954. The van der Waals surface area contributed by atoms with Crippen LogP contribution in [0, 0.1) is 0 Å². The van der Waals surface area contributed by atoms with Gasteiger partial charge in [-0.15, -0.1) is 0 Å². The molecule has 2 aromatic heterocycles. The van der Waals surface area contributed by atoms with Crippen molar-refractivity contribution in [1.29, 1.82) is 0 Å². The predicted octanol–water partition coefficient (Wildman–Crippen LogP) is 5.06. The first-order chi connectivity index (χ1) is 15.3. The first-order valence-electron chi connectivity index (χ1n) is 10.7. The van der Waals surface area contributed by atoms with Gasteiger partial charge in [-0.1, -0.05) is 67.9 Å². The van der Waals surface area contributed by atoms with Gasteiger partial charge >= 0.3 is 0 Å². The van der Waals surface area contributed by atoms with E-state index in [9.17, 15) is 4.79 Å². The number of nitrogens with zero attached hydrogens (tertiary/aromatic N) is 2. The predicted molar refractivity (Wildman–Crippen MR) is 124 cm³/mol. The van der Waals surface area contributed by atoms with Gasteiger partial charge in [-0.2, -0.15) is 5.10 Å². The zero-order chi connectivity index (χ0) is 21.5. The van der Waals surface area contributed by atoms with E-state index in [-0.39, 0.29) is 5.91 Å². The fourth-order valence-electron chi connectivity index (χ4n) is 3.72. The molecule has 0 saturated carbocycles. The highest BCUT2D eigenvalue weighted by molar-refractivity contribution is 6.00. The first-order valence-corrected chi connectivity index (χ1v) is 10.7. The number of carbonyl (C=O) groups is 1. The number of aryl methyl sites for hydroxylation is 1. The summed E-state index contributed by atoms with van der Waals surface area (Å²) >= 11 is 0. The van der Waals surface area contributed by atoms with Gasteiger partial charge in [-0.3, -0.25) is 14.9 Å². The Balaban J connectivity index is 1.48. The van der Waals surface area contributed by atoms with Gasteiger partial charge < -0.3 is 5.32 Å². The van der Waals surface area contributed by atoms with Crippen LogP contribution in [0.25, 0.3) is 22.5 Å². The molecule has 4 rings (SSSR count). The number of benzene rings is 2. The van der Waals surface area contributed by atoms with Crippen molar-refractivity contribution in [3.05, 3.63) is 95.8 Å². The summed E-state index contributed by atoms with van der Waals surface area (Å²) in [6, 6.07) is 23.6. The fraction of sp³-hybridized carbons (Fsp3) is 0.192. The molecule has 0 fully saturated rings. The van der Waals surface area contributed by atoms with E-state index in [1.165, 1.54) is 5.56 Å². The van der Waals surface area contributed by atoms with Crippen LogP contribution in [-0.4, -0.2) is 27.6 Å². The lowest BCUT2D eigenvalue weighted by atomic mass is 10.0. The summed E-state index contributed by atoms with van der Waals surface area (Å²) in [6.07, 6.45) is 4.61. The Morgan fingerprint density at radius 1 is 0.968 bits per heavy atom. The van der Waals surface area contributed by atoms with Gasteiger partial charge in [-0.25, -0.2) is 0 Å². The molecule has 5 nitrogen and oxygen atoms in total. The topological polar surface area (TPSA) is 70.7 Å². The number of rotatable bonds is 8. The SMILES string of the molecule is CCCc1cccnc1CCNC(=O)c1ccccc1-c1cc(-c2ccccc2)n[nH]1. The molecule has 2 N–H and O–H groups in total. The van der Waals surface area contributed by atoms with Crippen LogP contribution in [0.15, 0.2) is 79.0 Å². The monoisotopic (exact) mass is 410 g/mol. The van der Waals surface area contributed by atoms with E-state index < -0.39 is 0 Å². The van der Waals surface area contributed by atoms with Gasteiger partial charge in [0.2, 0.25) is 0 Å². The van der Waals surface area contributed by atoms with E-state index >= 15 is 0 Å². The Labute approximate surface area is 182 Å². The average molecular weight is 411 g/mol. The summed E-state index contributed by atoms with van der Waals surface area (Å²) in [5.74, 6) is -0.0977. The van der Waals surface area contributed by atoms with Crippen LogP contribution in [0.1, 0.15) is 35.0 Å². The molecule has 31 heavy (non-hydrogen) atoms. The van der Waals surface area contributed by atoms with Crippen molar-refractivity contribution < 1.29 is 4.79 Å². The van der Waals surface area contributed by atoms with Gasteiger partial charge in [0, 0.05) is 41.5 Å². The molecular formula is C26H26N4O. The van der Waals surface area contributed by atoms with E-state index in [0.717, 1.165) is 41.1 Å². The maximum absolute atomic E-state index is 13.0. The zero-order valence-corrected chi connectivity index (χ0v) is 17.6. The van der Waals surface area contributed by atoms with Crippen LogP contribution in [-0.2, 0) is 12.8 Å². The van der Waals surface area contributed by atoms with Crippen molar-refractivity contribution in [1.82, 2.24) is 20.5 Å². The van der Waals surface area contributed by atoms with Gasteiger partial charge in [-0.05, 0) is 30.2 Å². The van der Waals surface area contributed by atoms with E-state index in [1.807, 2.05) is 72.9 Å². The summed E-state index contributed by atoms with van der Waals surface area (Å²) in [5, 5.41) is 10.6. The van der Waals surface area contributed by atoms with E-state index in [4.69, 9.17) is 0 Å². The van der Waals surface area contributed by atoms with Gasteiger partial charge in [0.25, 0.3) is 5.91 Å². The second-order valence-electron chi connectivity index (χ2n) is 7.44. The Bertz CT molecular complexity index is 1150. The second kappa shape index (κ2) is 9.85. The molecule has 0 aliphatic carbocycles. The number of aromatic nitrogens is 3. The molecule has 2 aromatic carbocycles. The van der Waals surface area contributed by atoms with Crippen molar-refractivity contribution in [3.63, 3.8) is 0 Å². The highest BCUT2D eigenvalue weighted by Crippen LogP contribution is 2.26. The van der Waals surface area contributed by atoms with E-state index in [0.29, 0.717) is 18.5 Å². The van der Waals surface area contributed by atoms with Crippen molar-refractivity contribution >= 4 is 5.91 Å². The molecule has 4 aromatic rings. The molecule has 0 saturated heterocycles. The standard InChI is InChI=1S/C26H26N4O/c1-2-9-19-12-8-16-27-23(19)15-17-28-26(31)22-14-7-6-13-21(22)25-18-24(29-30-25)20-10-4-3-5-11-20/h3-8,10-14,16,18H,2,9,15,17H2,1H3,(H,28,31)(H,29,30). The molecule has 0 radical (unpaired) electrons. The lowest BCUT2D eigenvalue weighted by Gasteiger charge is -2.10. The minimum atomic E-state index is -0.0977. The van der Waals surface area contributed by atoms with Crippen molar-refractivity contribution in [2.75, 3.05) is 6.54 Å². The van der Waals surface area contributed by atoms with Crippen LogP contribution in [0.3, 0.4) is 0 Å². The largest absolute Gasteiger partial charge is 0.352 e. The molecule has 156 valence electrons. The van der Waals surface area contributed by atoms with Crippen molar-refractivity contribution in [3.8, 4) is 22.5 Å². The van der Waals surface area contributed by atoms with Gasteiger partial charge in [0.15, 0.2) is 0 Å². The van der Waals surface area contributed by atoms with Crippen LogP contribution in [0.4, 0.5) is 0 Å². The van der Waals surface area contributed by atoms with Crippen LogP contribution >= 0.6 is 0 Å². The highest BCUT2D eigenvalue weighted by Gasteiger charge is 2.15. The minimum absolute atomic E-state index is 0.0977. The Hall–Kier alpha value is -3.73. The van der Waals surface area contributed by atoms with E-state index in [2.05, 4.69) is 33.5 Å². The molecule has 2 heterocycles. The Morgan fingerprint density at radius 2 is 1.77 bits per heavy atom. The smallest absolute Gasteiger partial charge is 0.251 e. The fourth-order valence-corrected chi connectivity index (χ4v) is 3.72.